The maximum atomic E-state index is 12.4. The van der Waals surface area contributed by atoms with Crippen molar-refractivity contribution in [2.24, 2.45) is 11.8 Å². The molecule has 0 saturated carbocycles. The fourth-order valence-corrected chi connectivity index (χ4v) is 4.75. The Balaban J connectivity index is 1.82. The van der Waals surface area contributed by atoms with Crippen molar-refractivity contribution in [2.45, 2.75) is 53.0 Å². The fraction of sp³-hybridized carbons (Fsp3) is 0.955. The van der Waals surface area contributed by atoms with Gasteiger partial charge >= 0.3 is 0 Å². The summed E-state index contributed by atoms with van der Waals surface area (Å²) in [6, 6.07) is 0.607. The number of ether oxygens (including phenoxy) is 1. The van der Waals surface area contributed by atoms with E-state index in [-0.39, 0.29) is 5.91 Å². The summed E-state index contributed by atoms with van der Waals surface area (Å²) in [6.07, 6.45) is 2.87. The molecule has 0 spiro atoms. The van der Waals surface area contributed by atoms with E-state index in [0.717, 1.165) is 65.4 Å². The van der Waals surface area contributed by atoms with Crippen molar-refractivity contribution in [1.29, 1.82) is 0 Å². The van der Waals surface area contributed by atoms with Gasteiger partial charge in [-0.1, -0.05) is 27.7 Å². The van der Waals surface area contributed by atoms with Gasteiger partial charge in [0.05, 0.1) is 13.2 Å². The fourth-order valence-electron chi connectivity index (χ4n) is 4.75. The molecule has 0 aromatic rings. The summed E-state index contributed by atoms with van der Waals surface area (Å²) in [6.45, 7) is 20.0. The number of piperidine rings is 1. The molecule has 6 nitrogen and oxygen atoms in total. The van der Waals surface area contributed by atoms with E-state index in [9.17, 15) is 4.79 Å². The van der Waals surface area contributed by atoms with Crippen LogP contribution < -0.4 is 5.32 Å². The molecule has 2 saturated heterocycles. The number of amides is 1. The molecule has 1 N–H and O–H groups in total. The monoisotopic (exact) mass is 396 g/mol. The first-order chi connectivity index (χ1) is 13.5. The van der Waals surface area contributed by atoms with Gasteiger partial charge in [-0.3, -0.25) is 9.69 Å². The van der Waals surface area contributed by atoms with Crippen molar-refractivity contribution in [3.63, 3.8) is 0 Å². The Morgan fingerprint density at radius 2 is 1.89 bits per heavy atom. The molecule has 1 amide bonds. The normalized spacial score (nSPS) is 24.8. The zero-order valence-electron chi connectivity index (χ0n) is 18.8. The average molecular weight is 397 g/mol. The van der Waals surface area contributed by atoms with Gasteiger partial charge in [-0.2, -0.15) is 0 Å². The highest BCUT2D eigenvalue weighted by Gasteiger charge is 2.34. The molecule has 2 aliphatic heterocycles. The van der Waals surface area contributed by atoms with Crippen molar-refractivity contribution in [3.05, 3.63) is 0 Å². The van der Waals surface area contributed by atoms with Crippen LogP contribution in [0, 0.1) is 11.8 Å². The van der Waals surface area contributed by atoms with Gasteiger partial charge in [0.1, 0.15) is 0 Å². The summed E-state index contributed by atoms with van der Waals surface area (Å²) in [5, 5.41) is 3.13. The second-order valence-electron chi connectivity index (χ2n) is 8.83. The quantitative estimate of drug-likeness (QED) is 0.578. The number of hydrogen-bond acceptors (Lipinski definition) is 5. The molecule has 0 bridgehead atoms. The van der Waals surface area contributed by atoms with Crippen molar-refractivity contribution < 1.29 is 9.53 Å². The minimum Gasteiger partial charge on any atom is -0.379 e. The largest absolute Gasteiger partial charge is 0.379 e. The first-order valence-electron chi connectivity index (χ1n) is 11.6. The van der Waals surface area contributed by atoms with E-state index in [2.05, 4.69) is 47.7 Å². The second kappa shape index (κ2) is 12.8. The highest BCUT2D eigenvalue weighted by atomic mass is 16.5. The molecule has 2 heterocycles. The lowest BCUT2D eigenvalue weighted by atomic mass is 9.86. The maximum Gasteiger partial charge on any atom is 0.220 e. The van der Waals surface area contributed by atoms with E-state index >= 15 is 0 Å². The number of rotatable bonds is 11. The summed E-state index contributed by atoms with van der Waals surface area (Å²) in [4.78, 5) is 20.0. The lowest BCUT2D eigenvalue weighted by Gasteiger charge is -2.45. The summed E-state index contributed by atoms with van der Waals surface area (Å²) in [5.41, 5.74) is 0. The van der Waals surface area contributed by atoms with E-state index in [0.29, 0.717) is 24.3 Å². The van der Waals surface area contributed by atoms with Crippen LogP contribution in [0.4, 0.5) is 0 Å². The van der Waals surface area contributed by atoms with E-state index < -0.39 is 0 Å². The Bertz CT molecular complexity index is 436. The van der Waals surface area contributed by atoms with Crippen LogP contribution in [-0.2, 0) is 9.53 Å². The third kappa shape index (κ3) is 7.97. The van der Waals surface area contributed by atoms with Crippen LogP contribution in [0.2, 0.25) is 0 Å². The van der Waals surface area contributed by atoms with Crippen LogP contribution in [0.3, 0.4) is 0 Å². The molecular formula is C22H44N4O2. The Hall–Kier alpha value is -0.690. The number of morpholine rings is 1. The number of likely N-dealkylation sites (N-methyl/N-ethyl adjacent to an activating group) is 1. The number of likely N-dealkylation sites (tertiary alicyclic amines) is 1. The van der Waals surface area contributed by atoms with Gasteiger partial charge in [0, 0.05) is 51.7 Å². The average Bonchev–Trinajstić information content (AvgIpc) is 2.70. The van der Waals surface area contributed by atoms with Crippen LogP contribution in [-0.4, -0.2) is 98.8 Å². The van der Waals surface area contributed by atoms with E-state index in [4.69, 9.17) is 4.74 Å². The molecular weight excluding hydrogens is 352 g/mol. The van der Waals surface area contributed by atoms with Gasteiger partial charge in [0.25, 0.3) is 0 Å². The van der Waals surface area contributed by atoms with Crippen LogP contribution in [0.15, 0.2) is 0 Å². The zero-order chi connectivity index (χ0) is 20.4. The van der Waals surface area contributed by atoms with Crippen molar-refractivity contribution >= 4 is 5.91 Å². The molecule has 2 rings (SSSR count). The van der Waals surface area contributed by atoms with Gasteiger partial charge in [0.2, 0.25) is 5.91 Å². The summed E-state index contributed by atoms with van der Waals surface area (Å²) in [7, 11) is 0. The van der Waals surface area contributed by atoms with Crippen LogP contribution in [0.5, 0.6) is 0 Å². The van der Waals surface area contributed by atoms with Gasteiger partial charge in [-0.25, -0.2) is 0 Å². The molecule has 0 unspecified atom stereocenters. The minimum absolute atomic E-state index is 0.217. The van der Waals surface area contributed by atoms with E-state index in [1.54, 1.807) is 0 Å². The molecule has 0 aliphatic carbocycles. The zero-order valence-corrected chi connectivity index (χ0v) is 18.8. The third-order valence-corrected chi connectivity index (χ3v) is 6.30. The highest BCUT2D eigenvalue weighted by Crippen LogP contribution is 2.27. The standard InChI is InChI=1S/C22H44N4O2/c1-5-24(6-2)12-10-23-22(27)8-7-20-18-25(17-19(3)4)11-9-21(20)26-13-15-28-16-14-26/h19-21H,5-18H2,1-4H3,(H,23,27)/t20-,21+/m1/s1. The Morgan fingerprint density at radius 1 is 1.18 bits per heavy atom. The number of nitrogens with one attached hydrogen (secondary N) is 1. The Kier molecular flexibility index (Phi) is 10.8. The third-order valence-electron chi connectivity index (χ3n) is 6.30. The molecule has 0 aromatic carbocycles. The number of hydrogen-bond donors (Lipinski definition) is 1. The number of carbonyl (C=O) groups is 1. The molecule has 28 heavy (non-hydrogen) atoms. The SMILES string of the molecule is CCN(CC)CCNC(=O)CC[C@@H]1CN(CC(C)C)CC[C@@H]1N1CCOCC1. The first kappa shape index (κ1) is 23.6. The molecule has 0 radical (unpaired) electrons. The van der Waals surface area contributed by atoms with E-state index in [1.807, 2.05) is 0 Å². The molecule has 0 aromatic heterocycles. The minimum atomic E-state index is 0.217. The van der Waals surface area contributed by atoms with Crippen LogP contribution in [0.25, 0.3) is 0 Å². The summed E-state index contributed by atoms with van der Waals surface area (Å²) >= 11 is 0. The van der Waals surface area contributed by atoms with Crippen LogP contribution in [0.1, 0.15) is 47.0 Å². The lowest BCUT2D eigenvalue weighted by molar-refractivity contribution is -0.121. The lowest BCUT2D eigenvalue weighted by Crippen LogP contribution is -2.54. The molecule has 164 valence electrons. The van der Waals surface area contributed by atoms with Crippen LogP contribution >= 0.6 is 0 Å². The highest BCUT2D eigenvalue weighted by molar-refractivity contribution is 5.75. The number of carbonyl (C=O) groups excluding carboxylic acids is 1. The van der Waals surface area contributed by atoms with Crippen molar-refractivity contribution in [3.8, 4) is 0 Å². The van der Waals surface area contributed by atoms with Crippen molar-refractivity contribution in [1.82, 2.24) is 20.0 Å². The second-order valence-corrected chi connectivity index (χ2v) is 8.83. The predicted octanol–water partition coefficient (Wildman–Crippen LogP) is 1.90. The molecule has 2 fully saturated rings. The van der Waals surface area contributed by atoms with Gasteiger partial charge < -0.3 is 19.9 Å². The molecule has 2 atom stereocenters. The van der Waals surface area contributed by atoms with Gasteiger partial charge in [-0.05, 0) is 44.3 Å². The Labute approximate surface area is 172 Å². The predicted molar refractivity (Wildman–Crippen MR) is 116 cm³/mol. The Morgan fingerprint density at radius 3 is 2.54 bits per heavy atom. The van der Waals surface area contributed by atoms with E-state index in [1.165, 1.54) is 19.5 Å². The van der Waals surface area contributed by atoms with Crippen molar-refractivity contribution in [2.75, 3.05) is 72.1 Å². The first-order valence-corrected chi connectivity index (χ1v) is 11.6. The topological polar surface area (TPSA) is 48.1 Å². The molecule has 6 heteroatoms. The summed E-state index contributed by atoms with van der Waals surface area (Å²) in [5.74, 6) is 1.50. The summed E-state index contributed by atoms with van der Waals surface area (Å²) < 4.78 is 5.56. The van der Waals surface area contributed by atoms with Gasteiger partial charge in [-0.15, -0.1) is 0 Å². The van der Waals surface area contributed by atoms with Gasteiger partial charge in [0.15, 0.2) is 0 Å². The number of nitrogens with zero attached hydrogens (tertiary/aromatic N) is 3. The molecule has 2 aliphatic rings. The smallest absolute Gasteiger partial charge is 0.220 e. The maximum absolute atomic E-state index is 12.4.